The summed E-state index contributed by atoms with van der Waals surface area (Å²) in [4.78, 5) is 26.4. The molecule has 0 bridgehead atoms. The van der Waals surface area contributed by atoms with Crippen LogP contribution in [0.25, 0.3) is 0 Å². The van der Waals surface area contributed by atoms with E-state index in [2.05, 4.69) is 5.32 Å². The summed E-state index contributed by atoms with van der Waals surface area (Å²) in [6, 6.07) is 10.2. The summed E-state index contributed by atoms with van der Waals surface area (Å²) in [5, 5.41) is 3.53. The van der Waals surface area contributed by atoms with E-state index in [0.717, 1.165) is 11.1 Å². The Morgan fingerprint density at radius 3 is 2.56 bits per heavy atom. The molecule has 1 aliphatic heterocycles. The van der Waals surface area contributed by atoms with Crippen LogP contribution in [0.4, 0.5) is 11.4 Å². The lowest BCUT2D eigenvalue weighted by atomic mass is 10.1. The van der Waals surface area contributed by atoms with Gasteiger partial charge in [-0.2, -0.15) is 0 Å². The van der Waals surface area contributed by atoms with Crippen molar-refractivity contribution < 1.29 is 14.3 Å². The molecule has 1 atom stereocenters. The molecule has 1 fully saturated rings. The molecule has 6 heteroatoms. The monoisotopic (exact) mass is 358 g/mol. The van der Waals surface area contributed by atoms with Gasteiger partial charge in [-0.05, 0) is 43.7 Å². The molecule has 2 aromatic rings. The second-order valence-corrected chi connectivity index (χ2v) is 6.51. The number of ether oxygens (including phenoxy) is 1. The first-order chi connectivity index (χ1) is 11.9. The molecule has 2 amide bonds. The maximum absolute atomic E-state index is 12.8. The van der Waals surface area contributed by atoms with Gasteiger partial charge >= 0.3 is 0 Å². The smallest absolute Gasteiger partial charge is 0.256 e. The minimum absolute atomic E-state index is 0.107. The zero-order valence-electron chi connectivity index (χ0n) is 14.3. The zero-order valence-corrected chi connectivity index (χ0v) is 15.1. The largest absolute Gasteiger partial charge is 0.495 e. The van der Waals surface area contributed by atoms with Crippen LogP contribution in [-0.4, -0.2) is 25.0 Å². The van der Waals surface area contributed by atoms with Crippen molar-refractivity contribution in [2.45, 2.75) is 26.3 Å². The van der Waals surface area contributed by atoms with Crippen molar-refractivity contribution in [3.8, 4) is 5.75 Å². The van der Waals surface area contributed by atoms with Crippen LogP contribution in [0.2, 0.25) is 5.02 Å². The van der Waals surface area contributed by atoms with E-state index < -0.39 is 6.04 Å². The van der Waals surface area contributed by atoms with Crippen LogP contribution in [0.15, 0.2) is 36.4 Å². The summed E-state index contributed by atoms with van der Waals surface area (Å²) in [6.07, 6.45) is 0.107. The van der Waals surface area contributed by atoms with Crippen LogP contribution >= 0.6 is 11.6 Å². The molecule has 1 saturated heterocycles. The highest BCUT2D eigenvalue weighted by Gasteiger charge is 2.40. The minimum Gasteiger partial charge on any atom is -0.495 e. The Bertz CT molecular complexity index is 851. The molecule has 1 N–H and O–H groups in total. The molecule has 1 heterocycles. The molecule has 0 unspecified atom stereocenters. The number of methoxy groups -OCH3 is 1. The lowest BCUT2D eigenvalue weighted by Gasteiger charge is -2.18. The highest BCUT2D eigenvalue weighted by Crippen LogP contribution is 2.31. The first kappa shape index (κ1) is 17.3. The molecule has 2 aromatic carbocycles. The number of carbonyl (C=O) groups is 2. The first-order valence-electron chi connectivity index (χ1n) is 7.95. The fourth-order valence-electron chi connectivity index (χ4n) is 3.01. The molecule has 3 rings (SSSR count). The van der Waals surface area contributed by atoms with Crippen LogP contribution in [0.3, 0.4) is 0 Å². The molecule has 25 heavy (non-hydrogen) atoms. The van der Waals surface area contributed by atoms with Gasteiger partial charge in [0.15, 0.2) is 0 Å². The van der Waals surface area contributed by atoms with Crippen molar-refractivity contribution in [2.24, 2.45) is 0 Å². The van der Waals surface area contributed by atoms with E-state index >= 15 is 0 Å². The van der Waals surface area contributed by atoms with E-state index in [-0.39, 0.29) is 18.2 Å². The number of aryl methyl sites for hydroxylation is 2. The van der Waals surface area contributed by atoms with Crippen molar-refractivity contribution in [1.29, 1.82) is 0 Å². The SMILES string of the molecule is COc1ccc(N[C@@H]2CC(=O)N(c3ccc(C)cc3C)C2=O)cc1Cl. The Labute approximate surface area is 151 Å². The molecule has 0 aromatic heterocycles. The average molecular weight is 359 g/mol. The predicted octanol–water partition coefficient (Wildman–Crippen LogP) is 3.71. The molecule has 130 valence electrons. The summed E-state index contributed by atoms with van der Waals surface area (Å²) < 4.78 is 5.12. The molecule has 5 nitrogen and oxygen atoms in total. The maximum Gasteiger partial charge on any atom is 0.256 e. The number of anilines is 2. The highest BCUT2D eigenvalue weighted by molar-refractivity contribution is 6.32. The van der Waals surface area contributed by atoms with Crippen molar-refractivity contribution in [1.82, 2.24) is 0 Å². The fourth-order valence-corrected chi connectivity index (χ4v) is 3.27. The normalized spacial score (nSPS) is 17.1. The molecular weight excluding hydrogens is 340 g/mol. The van der Waals surface area contributed by atoms with Gasteiger partial charge in [-0.25, -0.2) is 4.90 Å². The van der Waals surface area contributed by atoms with Gasteiger partial charge in [0.1, 0.15) is 11.8 Å². The number of carbonyl (C=O) groups excluding carboxylic acids is 2. The number of rotatable bonds is 4. The van der Waals surface area contributed by atoms with Gasteiger partial charge < -0.3 is 10.1 Å². The molecule has 1 aliphatic rings. The van der Waals surface area contributed by atoms with Gasteiger partial charge in [-0.3, -0.25) is 9.59 Å². The summed E-state index contributed by atoms with van der Waals surface area (Å²) in [5.74, 6) is 0.0795. The Morgan fingerprint density at radius 1 is 1.16 bits per heavy atom. The Hall–Kier alpha value is -2.53. The molecule has 0 saturated carbocycles. The summed E-state index contributed by atoms with van der Waals surface area (Å²) in [5.41, 5.74) is 3.29. The van der Waals surface area contributed by atoms with E-state index in [1.165, 1.54) is 12.0 Å². The molecule has 0 aliphatic carbocycles. The lowest BCUT2D eigenvalue weighted by molar-refractivity contribution is -0.121. The van der Waals surface area contributed by atoms with Gasteiger partial charge in [0.25, 0.3) is 5.91 Å². The Balaban J connectivity index is 1.82. The zero-order chi connectivity index (χ0) is 18.1. The van der Waals surface area contributed by atoms with Crippen molar-refractivity contribution in [3.05, 3.63) is 52.5 Å². The first-order valence-corrected chi connectivity index (χ1v) is 8.32. The second-order valence-electron chi connectivity index (χ2n) is 6.11. The van der Waals surface area contributed by atoms with E-state index in [1.807, 2.05) is 32.0 Å². The summed E-state index contributed by atoms with van der Waals surface area (Å²) in [7, 11) is 1.54. The van der Waals surface area contributed by atoms with E-state index in [0.29, 0.717) is 22.1 Å². The number of halogens is 1. The Kier molecular flexibility index (Phi) is 4.68. The van der Waals surface area contributed by atoms with E-state index in [1.54, 1.807) is 18.2 Å². The van der Waals surface area contributed by atoms with Crippen LogP contribution < -0.4 is 15.0 Å². The van der Waals surface area contributed by atoms with Gasteiger partial charge in [0.05, 0.1) is 24.2 Å². The lowest BCUT2D eigenvalue weighted by Crippen LogP contribution is -2.35. The van der Waals surface area contributed by atoms with E-state index in [9.17, 15) is 9.59 Å². The predicted molar refractivity (Wildman–Crippen MR) is 98.4 cm³/mol. The van der Waals surface area contributed by atoms with Crippen LogP contribution in [-0.2, 0) is 9.59 Å². The quantitative estimate of drug-likeness (QED) is 0.846. The second kappa shape index (κ2) is 6.76. The van der Waals surface area contributed by atoms with Crippen molar-refractivity contribution in [3.63, 3.8) is 0 Å². The molecule has 0 spiro atoms. The number of hydrogen-bond donors (Lipinski definition) is 1. The number of imide groups is 1. The average Bonchev–Trinajstić information content (AvgIpc) is 2.82. The molecule has 0 radical (unpaired) electrons. The number of nitrogens with zero attached hydrogens (tertiary/aromatic N) is 1. The van der Waals surface area contributed by atoms with Gasteiger partial charge in [-0.15, -0.1) is 0 Å². The number of nitrogens with one attached hydrogen (secondary N) is 1. The number of benzene rings is 2. The topological polar surface area (TPSA) is 58.6 Å². The molecular formula is C19H19ClN2O3. The summed E-state index contributed by atoms with van der Waals surface area (Å²) in [6.45, 7) is 3.87. The maximum atomic E-state index is 12.8. The number of amides is 2. The van der Waals surface area contributed by atoms with Crippen LogP contribution in [0.1, 0.15) is 17.5 Å². The van der Waals surface area contributed by atoms with Gasteiger partial charge in [0.2, 0.25) is 5.91 Å². The minimum atomic E-state index is -0.613. The van der Waals surface area contributed by atoms with Crippen molar-refractivity contribution in [2.75, 3.05) is 17.3 Å². The van der Waals surface area contributed by atoms with Crippen LogP contribution in [0.5, 0.6) is 5.75 Å². The Morgan fingerprint density at radius 2 is 1.92 bits per heavy atom. The third kappa shape index (κ3) is 3.33. The summed E-state index contributed by atoms with van der Waals surface area (Å²) >= 11 is 6.11. The van der Waals surface area contributed by atoms with Crippen LogP contribution in [0, 0.1) is 13.8 Å². The number of hydrogen-bond acceptors (Lipinski definition) is 4. The highest BCUT2D eigenvalue weighted by atomic mass is 35.5. The third-order valence-corrected chi connectivity index (χ3v) is 4.53. The standard InChI is InChI=1S/C19H19ClN2O3/c1-11-4-6-16(12(2)8-11)22-18(23)10-15(19(22)24)21-13-5-7-17(25-3)14(20)9-13/h4-9,15,21H,10H2,1-3H3/t15-/m1/s1. The van der Waals surface area contributed by atoms with Gasteiger partial charge in [0, 0.05) is 5.69 Å². The van der Waals surface area contributed by atoms with E-state index in [4.69, 9.17) is 16.3 Å². The fraction of sp³-hybridized carbons (Fsp3) is 0.263. The van der Waals surface area contributed by atoms with Gasteiger partial charge in [-0.1, -0.05) is 29.3 Å². The van der Waals surface area contributed by atoms with Crippen molar-refractivity contribution >= 4 is 34.8 Å². The third-order valence-electron chi connectivity index (χ3n) is 4.23.